The first-order chi connectivity index (χ1) is 15.0. The minimum absolute atomic E-state index is 0.0770. The average molecular weight is 496 g/mol. The van der Waals surface area contributed by atoms with Gasteiger partial charge in [-0.2, -0.15) is 8.42 Å². The summed E-state index contributed by atoms with van der Waals surface area (Å²) in [7, 11) is -8.55. The third-order valence-electron chi connectivity index (χ3n) is 4.43. The molecule has 4 rings (SSSR count). The monoisotopic (exact) mass is 495 g/mol. The molecule has 2 aromatic carbocycles. The lowest BCUT2D eigenvalue weighted by Crippen LogP contribution is -2.26. The number of sulfonamides is 1. The second kappa shape index (κ2) is 7.97. The van der Waals surface area contributed by atoms with Crippen LogP contribution in [0.15, 0.2) is 78.7 Å². The van der Waals surface area contributed by atoms with Crippen LogP contribution in [0.5, 0.6) is 0 Å². The van der Waals surface area contributed by atoms with Crippen LogP contribution in [0.2, 0.25) is 5.02 Å². The molecule has 0 amide bonds. The maximum absolute atomic E-state index is 13.0. The number of nitrogens with one attached hydrogen (secondary N) is 3. The molecule has 4 aromatic rings. The van der Waals surface area contributed by atoms with E-state index in [0.717, 1.165) is 18.3 Å². The van der Waals surface area contributed by atoms with Crippen molar-refractivity contribution in [3.8, 4) is 0 Å². The smallest absolute Gasteiger partial charge is 0.325 e. The van der Waals surface area contributed by atoms with Crippen LogP contribution in [-0.2, 0) is 25.6 Å². The number of H-pyrrole nitrogens is 2. The highest BCUT2D eigenvalue weighted by Gasteiger charge is 2.26. The molecule has 0 saturated heterocycles. The van der Waals surface area contributed by atoms with Crippen LogP contribution in [-0.4, -0.2) is 26.8 Å². The standard InChI is InChI=1S/C19H14ClN3O7S2/c20-13-5-6-16(31(26,27)10-12-9-21-19(25)22-18(12)24)14(8-13)23-32(28,29)17-7-11-3-1-2-4-15(11)30-17/h1-9,23H,10H2,(H2,21,22,24,25). The van der Waals surface area contributed by atoms with Gasteiger partial charge in [-0.25, -0.2) is 13.2 Å². The molecule has 0 atom stereocenters. The van der Waals surface area contributed by atoms with Gasteiger partial charge in [0.05, 0.1) is 16.3 Å². The zero-order chi connectivity index (χ0) is 23.1. The SMILES string of the molecule is O=c1[nH]cc(CS(=O)(=O)c2ccc(Cl)cc2NS(=O)(=O)c2cc3ccccc3o2)c(=O)[nH]1. The summed E-state index contributed by atoms with van der Waals surface area (Å²) in [5.74, 6) is -0.792. The average Bonchev–Trinajstić information content (AvgIpc) is 3.15. The van der Waals surface area contributed by atoms with Gasteiger partial charge < -0.3 is 9.40 Å². The van der Waals surface area contributed by atoms with Crippen molar-refractivity contribution in [3.05, 3.63) is 86.2 Å². The number of aromatic nitrogens is 2. The fourth-order valence-electron chi connectivity index (χ4n) is 2.97. The van der Waals surface area contributed by atoms with Crippen molar-refractivity contribution in [1.29, 1.82) is 0 Å². The molecule has 0 unspecified atom stereocenters. The Kier molecular flexibility index (Phi) is 5.44. The van der Waals surface area contributed by atoms with E-state index >= 15 is 0 Å². The number of aromatic amines is 2. The number of halogens is 1. The number of sulfone groups is 1. The van der Waals surface area contributed by atoms with E-state index in [1.807, 2.05) is 4.98 Å². The Hall–Kier alpha value is -3.35. The molecule has 166 valence electrons. The van der Waals surface area contributed by atoms with Gasteiger partial charge in [0.1, 0.15) is 5.58 Å². The first-order valence-electron chi connectivity index (χ1n) is 8.90. The normalized spacial score (nSPS) is 12.2. The number of rotatable bonds is 6. The fraction of sp³-hybridized carbons (Fsp3) is 0.0526. The van der Waals surface area contributed by atoms with E-state index in [2.05, 4.69) is 9.71 Å². The molecule has 0 fully saturated rings. The second-order valence-corrected chi connectivity index (χ2v) is 10.7. The molecule has 0 aliphatic heterocycles. The topological polar surface area (TPSA) is 159 Å². The van der Waals surface area contributed by atoms with Crippen LogP contribution in [0, 0.1) is 0 Å². The van der Waals surface area contributed by atoms with E-state index in [4.69, 9.17) is 16.0 Å². The summed E-state index contributed by atoms with van der Waals surface area (Å²) in [5, 5.41) is 0.205. The van der Waals surface area contributed by atoms with E-state index < -0.39 is 46.9 Å². The second-order valence-electron chi connectivity index (χ2n) is 6.71. The van der Waals surface area contributed by atoms with Crippen LogP contribution in [0.3, 0.4) is 0 Å². The van der Waals surface area contributed by atoms with Crippen molar-refractivity contribution in [2.75, 3.05) is 4.72 Å². The Morgan fingerprint density at radius 1 is 1.00 bits per heavy atom. The molecule has 13 heteroatoms. The summed E-state index contributed by atoms with van der Waals surface area (Å²) in [4.78, 5) is 26.8. The van der Waals surface area contributed by atoms with Crippen molar-refractivity contribution >= 4 is 48.1 Å². The molecule has 2 heterocycles. The van der Waals surface area contributed by atoms with Crippen molar-refractivity contribution in [1.82, 2.24) is 9.97 Å². The number of benzene rings is 2. The number of anilines is 1. The third-order valence-corrected chi connectivity index (χ3v) is 7.60. The molecular weight excluding hydrogens is 482 g/mol. The van der Waals surface area contributed by atoms with Gasteiger partial charge >= 0.3 is 5.69 Å². The van der Waals surface area contributed by atoms with Crippen molar-refractivity contribution in [2.24, 2.45) is 0 Å². The number of hydrogen-bond acceptors (Lipinski definition) is 7. The van der Waals surface area contributed by atoms with E-state index in [-0.39, 0.29) is 16.3 Å². The highest BCUT2D eigenvalue weighted by Crippen LogP contribution is 2.31. The van der Waals surface area contributed by atoms with Crippen LogP contribution in [0.1, 0.15) is 5.56 Å². The van der Waals surface area contributed by atoms with Crippen LogP contribution in [0.25, 0.3) is 11.0 Å². The summed E-state index contributed by atoms with van der Waals surface area (Å²) in [6.45, 7) is 0. The third kappa shape index (κ3) is 4.33. The van der Waals surface area contributed by atoms with Gasteiger partial charge in [0.25, 0.3) is 15.6 Å². The predicted molar refractivity (Wildman–Crippen MR) is 117 cm³/mol. The van der Waals surface area contributed by atoms with Gasteiger partial charge in [0, 0.05) is 28.2 Å². The molecule has 10 nitrogen and oxygen atoms in total. The first kappa shape index (κ1) is 21.9. The number of hydrogen-bond donors (Lipinski definition) is 3. The first-order valence-corrected chi connectivity index (χ1v) is 12.4. The van der Waals surface area contributed by atoms with Crippen LogP contribution >= 0.6 is 11.6 Å². The zero-order valence-electron chi connectivity index (χ0n) is 16.0. The van der Waals surface area contributed by atoms with Crippen molar-refractivity contribution in [3.63, 3.8) is 0 Å². The lowest BCUT2D eigenvalue weighted by atomic mass is 10.3. The fourth-order valence-corrected chi connectivity index (χ4v) is 5.74. The Morgan fingerprint density at radius 2 is 1.75 bits per heavy atom. The number of fused-ring (bicyclic) bond motifs is 1. The summed E-state index contributed by atoms with van der Waals surface area (Å²) < 4.78 is 59.3. The number of furan rings is 1. The summed E-state index contributed by atoms with van der Waals surface area (Å²) in [6, 6.07) is 11.5. The van der Waals surface area contributed by atoms with Gasteiger partial charge in [-0.15, -0.1) is 0 Å². The molecule has 0 saturated carbocycles. The Labute approximate surface area is 185 Å². The van der Waals surface area contributed by atoms with Gasteiger partial charge in [-0.05, 0) is 24.3 Å². The quantitative estimate of drug-likeness (QED) is 0.369. The highest BCUT2D eigenvalue weighted by atomic mass is 35.5. The van der Waals surface area contributed by atoms with E-state index in [1.165, 1.54) is 12.1 Å². The van der Waals surface area contributed by atoms with E-state index in [0.29, 0.717) is 11.0 Å². The highest BCUT2D eigenvalue weighted by molar-refractivity contribution is 7.93. The van der Waals surface area contributed by atoms with E-state index in [1.54, 1.807) is 24.3 Å². The van der Waals surface area contributed by atoms with Crippen LogP contribution < -0.4 is 16.0 Å². The maximum atomic E-state index is 13.0. The zero-order valence-corrected chi connectivity index (χ0v) is 18.3. The predicted octanol–water partition coefficient (Wildman–Crippen LogP) is 2.24. The van der Waals surface area contributed by atoms with Gasteiger partial charge in [-0.1, -0.05) is 29.8 Å². The summed E-state index contributed by atoms with van der Waals surface area (Å²) in [6.07, 6.45) is 0.979. The molecular formula is C19H14ClN3O7S2. The Bertz CT molecular complexity index is 1640. The van der Waals surface area contributed by atoms with Gasteiger partial charge in [0.15, 0.2) is 9.84 Å². The lowest BCUT2D eigenvalue weighted by Gasteiger charge is -2.12. The van der Waals surface area contributed by atoms with Gasteiger partial charge in [-0.3, -0.25) is 14.5 Å². The molecule has 2 aromatic heterocycles. The maximum Gasteiger partial charge on any atom is 0.325 e. The Balaban J connectivity index is 1.74. The summed E-state index contributed by atoms with van der Waals surface area (Å²) >= 11 is 5.96. The van der Waals surface area contributed by atoms with Crippen LogP contribution in [0.4, 0.5) is 5.69 Å². The number of para-hydroxylation sites is 1. The Morgan fingerprint density at radius 3 is 2.47 bits per heavy atom. The molecule has 0 bridgehead atoms. The molecule has 32 heavy (non-hydrogen) atoms. The minimum atomic E-state index is -4.32. The largest absolute Gasteiger partial charge is 0.443 e. The molecule has 3 N–H and O–H groups in total. The van der Waals surface area contributed by atoms with Crippen molar-refractivity contribution < 1.29 is 21.3 Å². The molecule has 0 radical (unpaired) electrons. The van der Waals surface area contributed by atoms with Crippen molar-refractivity contribution in [2.45, 2.75) is 15.7 Å². The minimum Gasteiger partial charge on any atom is -0.443 e. The molecule has 0 aliphatic carbocycles. The van der Waals surface area contributed by atoms with Gasteiger partial charge in [0.2, 0.25) is 5.09 Å². The summed E-state index contributed by atoms with van der Waals surface area (Å²) in [5.41, 5.74) is -1.88. The lowest BCUT2D eigenvalue weighted by molar-refractivity contribution is 0.484. The molecule has 0 aliphatic rings. The molecule has 0 spiro atoms. The van der Waals surface area contributed by atoms with E-state index in [9.17, 15) is 26.4 Å².